The van der Waals surface area contributed by atoms with Gasteiger partial charge in [-0.15, -0.1) is 10.2 Å². The smallest absolute Gasteiger partial charge is 0.230 e. The van der Waals surface area contributed by atoms with Gasteiger partial charge in [0, 0.05) is 12.0 Å². The molecule has 2 saturated carbocycles. The summed E-state index contributed by atoms with van der Waals surface area (Å²) in [5.41, 5.74) is 0. The fourth-order valence-electron chi connectivity index (χ4n) is 4.22. The fourth-order valence-corrected chi connectivity index (χ4v) is 4.89. The molecule has 3 N–H and O–H groups in total. The van der Waals surface area contributed by atoms with Gasteiger partial charge in [0.1, 0.15) is 0 Å². The number of nitrogens with zero attached hydrogens (tertiary/aromatic N) is 3. The van der Waals surface area contributed by atoms with Crippen molar-refractivity contribution in [2.75, 3.05) is 11.6 Å². The van der Waals surface area contributed by atoms with Crippen LogP contribution in [0.5, 0.6) is 0 Å². The summed E-state index contributed by atoms with van der Waals surface area (Å²) < 4.78 is 1.49. The first-order valence-electron chi connectivity index (χ1n) is 8.58. The van der Waals surface area contributed by atoms with Crippen LogP contribution in [-0.2, 0) is 4.79 Å². The van der Waals surface area contributed by atoms with Crippen LogP contribution in [0.4, 0.5) is 0 Å². The Morgan fingerprint density at radius 2 is 2.13 bits per heavy atom. The highest BCUT2D eigenvalue weighted by Gasteiger charge is 2.42. The first-order valence-corrected chi connectivity index (χ1v) is 9.56. The number of hydrogen-bond donors (Lipinski definition) is 2. The molecular weight excluding hydrogens is 310 g/mol. The van der Waals surface area contributed by atoms with Crippen molar-refractivity contribution in [3.05, 3.63) is 5.82 Å². The summed E-state index contributed by atoms with van der Waals surface area (Å²) in [6.45, 7) is 6.19. The number of nitrogens with one attached hydrogen (secondary N) is 1. The lowest BCUT2D eigenvalue weighted by Crippen LogP contribution is -2.41. The zero-order valence-corrected chi connectivity index (χ0v) is 15.0. The van der Waals surface area contributed by atoms with E-state index in [9.17, 15) is 4.79 Å². The second kappa shape index (κ2) is 6.71. The topological polar surface area (TPSA) is 85.8 Å². The van der Waals surface area contributed by atoms with Crippen molar-refractivity contribution in [2.24, 2.45) is 17.8 Å². The van der Waals surface area contributed by atoms with Crippen molar-refractivity contribution in [3.8, 4) is 0 Å². The van der Waals surface area contributed by atoms with Crippen molar-refractivity contribution in [1.29, 1.82) is 0 Å². The Morgan fingerprint density at radius 3 is 2.70 bits per heavy atom. The van der Waals surface area contributed by atoms with E-state index in [0.717, 1.165) is 17.7 Å². The van der Waals surface area contributed by atoms with Crippen molar-refractivity contribution < 1.29 is 4.79 Å². The Labute approximate surface area is 142 Å². The van der Waals surface area contributed by atoms with Crippen molar-refractivity contribution in [3.63, 3.8) is 0 Å². The molecule has 1 amide bonds. The number of nitrogen functional groups attached to an aromatic ring is 1. The summed E-state index contributed by atoms with van der Waals surface area (Å²) in [7, 11) is 0. The Bertz CT molecular complexity index is 573. The van der Waals surface area contributed by atoms with E-state index >= 15 is 0 Å². The predicted octanol–water partition coefficient (Wildman–Crippen LogP) is 2.15. The zero-order valence-electron chi connectivity index (χ0n) is 14.2. The second-order valence-electron chi connectivity index (χ2n) is 7.35. The molecule has 1 aromatic heterocycles. The van der Waals surface area contributed by atoms with Gasteiger partial charge in [-0.25, -0.2) is 4.68 Å². The molecule has 7 heteroatoms. The zero-order chi connectivity index (χ0) is 16.6. The summed E-state index contributed by atoms with van der Waals surface area (Å²) in [6.07, 6.45) is 5.39. The highest BCUT2D eigenvalue weighted by Crippen LogP contribution is 2.49. The van der Waals surface area contributed by atoms with Crippen LogP contribution in [-0.4, -0.2) is 32.6 Å². The standard InChI is InChI=1S/C16H27N5OS/c1-9(2)15-19-20-16(21(15)17)23-8-14(22)18-10(3)13-7-11-4-5-12(13)6-11/h9-13H,4-8,17H2,1-3H3,(H,18,22)/t10-,11-,12-,13-/m0/s1. The van der Waals surface area contributed by atoms with Gasteiger partial charge in [0.2, 0.25) is 11.1 Å². The molecule has 1 heterocycles. The summed E-state index contributed by atoms with van der Waals surface area (Å²) >= 11 is 1.35. The van der Waals surface area contributed by atoms with Crippen LogP contribution in [0.25, 0.3) is 0 Å². The molecule has 3 rings (SSSR count). The second-order valence-corrected chi connectivity index (χ2v) is 8.29. The van der Waals surface area contributed by atoms with E-state index in [1.807, 2.05) is 13.8 Å². The van der Waals surface area contributed by atoms with Gasteiger partial charge in [0.25, 0.3) is 0 Å². The van der Waals surface area contributed by atoms with Crippen molar-refractivity contribution in [2.45, 2.75) is 63.6 Å². The Hall–Kier alpha value is -1.24. The lowest BCUT2D eigenvalue weighted by Gasteiger charge is -2.28. The predicted molar refractivity (Wildman–Crippen MR) is 91.5 cm³/mol. The molecule has 128 valence electrons. The fraction of sp³-hybridized carbons (Fsp3) is 0.812. The third-order valence-electron chi connectivity index (χ3n) is 5.36. The number of nitrogens with two attached hydrogens (primary N) is 1. The van der Waals surface area contributed by atoms with Gasteiger partial charge >= 0.3 is 0 Å². The van der Waals surface area contributed by atoms with Crippen LogP contribution in [0.1, 0.15) is 58.2 Å². The molecule has 2 aliphatic rings. The summed E-state index contributed by atoms with van der Waals surface area (Å²) in [5.74, 6) is 9.70. The number of thioether (sulfide) groups is 1. The molecule has 0 aromatic carbocycles. The molecule has 0 spiro atoms. The molecule has 2 fully saturated rings. The van der Waals surface area contributed by atoms with E-state index in [4.69, 9.17) is 5.84 Å². The van der Waals surface area contributed by atoms with Crippen molar-refractivity contribution >= 4 is 17.7 Å². The number of fused-ring (bicyclic) bond motifs is 2. The van der Waals surface area contributed by atoms with E-state index in [2.05, 4.69) is 22.4 Å². The number of aromatic nitrogens is 3. The minimum atomic E-state index is 0.0550. The minimum Gasteiger partial charge on any atom is -0.353 e. The van der Waals surface area contributed by atoms with Crippen LogP contribution >= 0.6 is 11.8 Å². The molecule has 0 saturated heterocycles. The normalized spacial score (nSPS) is 27.6. The third-order valence-corrected chi connectivity index (χ3v) is 6.31. The summed E-state index contributed by atoms with van der Waals surface area (Å²) in [4.78, 5) is 12.2. The number of carbonyl (C=O) groups is 1. The number of rotatable bonds is 6. The quantitative estimate of drug-likeness (QED) is 0.613. The maximum absolute atomic E-state index is 12.2. The number of amides is 1. The van der Waals surface area contributed by atoms with Crippen molar-refractivity contribution in [1.82, 2.24) is 20.2 Å². The summed E-state index contributed by atoms with van der Waals surface area (Å²) in [5, 5.41) is 11.9. The van der Waals surface area contributed by atoms with Gasteiger partial charge in [-0.3, -0.25) is 4.79 Å². The van der Waals surface area contributed by atoms with Gasteiger partial charge in [0.15, 0.2) is 5.82 Å². The Kier molecular flexibility index (Phi) is 4.85. The van der Waals surface area contributed by atoms with Crippen LogP contribution in [0, 0.1) is 17.8 Å². The van der Waals surface area contributed by atoms with E-state index in [0.29, 0.717) is 16.8 Å². The molecule has 4 atom stereocenters. The summed E-state index contributed by atoms with van der Waals surface area (Å²) in [6, 6.07) is 0.264. The largest absolute Gasteiger partial charge is 0.353 e. The monoisotopic (exact) mass is 337 g/mol. The first kappa shape index (κ1) is 16.6. The molecular formula is C16H27N5OS. The molecule has 23 heavy (non-hydrogen) atoms. The molecule has 0 unspecified atom stereocenters. The van der Waals surface area contributed by atoms with Gasteiger partial charge in [-0.1, -0.05) is 32.0 Å². The van der Waals surface area contributed by atoms with Gasteiger partial charge in [0.05, 0.1) is 5.75 Å². The minimum absolute atomic E-state index is 0.0550. The SMILES string of the molecule is CC(C)c1nnc(SCC(=O)N[C@@H](C)[C@@H]2C[C@H]3CC[C@H]2C3)n1N. The Balaban J connectivity index is 1.48. The highest BCUT2D eigenvalue weighted by molar-refractivity contribution is 7.99. The first-order chi connectivity index (χ1) is 11.0. The average Bonchev–Trinajstić information content (AvgIpc) is 3.20. The van der Waals surface area contributed by atoms with E-state index in [1.54, 1.807) is 0 Å². The molecule has 2 aliphatic carbocycles. The number of hydrogen-bond acceptors (Lipinski definition) is 5. The number of carbonyl (C=O) groups excluding carboxylic acids is 1. The average molecular weight is 337 g/mol. The van der Waals surface area contributed by atoms with Gasteiger partial charge < -0.3 is 11.2 Å². The third kappa shape index (κ3) is 3.49. The van der Waals surface area contributed by atoms with Crippen LogP contribution in [0.3, 0.4) is 0 Å². The van der Waals surface area contributed by atoms with Crippen LogP contribution in [0.15, 0.2) is 5.16 Å². The van der Waals surface area contributed by atoms with E-state index in [-0.39, 0.29) is 17.9 Å². The van der Waals surface area contributed by atoms with Gasteiger partial charge in [-0.05, 0) is 43.9 Å². The van der Waals surface area contributed by atoms with Gasteiger partial charge in [-0.2, -0.15) is 0 Å². The van der Waals surface area contributed by atoms with Crippen LogP contribution < -0.4 is 11.2 Å². The highest BCUT2D eigenvalue weighted by atomic mass is 32.2. The maximum Gasteiger partial charge on any atom is 0.230 e. The molecule has 6 nitrogen and oxygen atoms in total. The lowest BCUT2D eigenvalue weighted by molar-refractivity contribution is -0.119. The van der Waals surface area contributed by atoms with Crippen LogP contribution in [0.2, 0.25) is 0 Å². The molecule has 0 aliphatic heterocycles. The Morgan fingerprint density at radius 1 is 1.35 bits per heavy atom. The maximum atomic E-state index is 12.2. The lowest BCUT2D eigenvalue weighted by atomic mass is 9.84. The molecule has 1 aromatic rings. The van der Waals surface area contributed by atoms with E-state index < -0.39 is 0 Å². The molecule has 0 radical (unpaired) electrons. The molecule has 2 bridgehead atoms. The van der Waals surface area contributed by atoms with E-state index in [1.165, 1.54) is 42.1 Å².